The second-order valence-electron chi connectivity index (χ2n) is 14.5. The zero-order chi connectivity index (χ0) is 41.5. The maximum Gasteiger partial charge on any atom is 0.410 e. The highest BCUT2D eigenvalue weighted by Crippen LogP contribution is 2.62. The molecular formula is C44H60N2O12. The van der Waals surface area contributed by atoms with E-state index in [1.165, 1.54) is 7.11 Å². The summed E-state index contributed by atoms with van der Waals surface area (Å²) < 4.78 is 37.3. The van der Waals surface area contributed by atoms with Crippen molar-refractivity contribution in [3.63, 3.8) is 0 Å². The first kappa shape index (κ1) is 44.6. The van der Waals surface area contributed by atoms with Gasteiger partial charge in [0.25, 0.3) is 0 Å². The zero-order valence-electron chi connectivity index (χ0n) is 34.0. The molecule has 14 nitrogen and oxygen atoms in total. The van der Waals surface area contributed by atoms with Crippen LogP contribution < -0.4 is 14.2 Å². The van der Waals surface area contributed by atoms with Crippen molar-refractivity contribution in [1.82, 2.24) is 4.90 Å². The number of nitrogens with zero attached hydrogens (tertiary/aromatic N) is 2. The minimum absolute atomic E-state index is 0.00211. The number of oxime groups is 1. The molecule has 6 atom stereocenters. The van der Waals surface area contributed by atoms with Gasteiger partial charge in [0.15, 0.2) is 6.29 Å². The molecule has 2 aromatic carbocycles. The zero-order valence-corrected chi connectivity index (χ0v) is 34.0. The van der Waals surface area contributed by atoms with Crippen molar-refractivity contribution in [1.29, 1.82) is 0 Å². The second kappa shape index (κ2) is 22.1. The summed E-state index contributed by atoms with van der Waals surface area (Å²) in [6.45, 7) is 8.44. The SMILES string of the molecule is C=CCO[C@@]12Oc3ccc(Oc4ccc(OC)c(C=O)c4)cc3[C@H]3[C@H](CCCCO)[C@@H](CCCCO)C=C(C(=NOCC)C[C@@H]1N(CCOCCO)C(=O)OCC)[C@H]32. The Morgan fingerprint density at radius 2 is 1.76 bits per heavy atom. The predicted molar refractivity (Wildman–Crippen MR) is 217 cm³/mol. The normalized spacial score (nSPS) is 23.8. The van der Waals surface area contributed by atoms with E-state index >= 15 is 0 Å². The summed E-state index contributed by atoms with van der Waals surface area (Å²) in [5.74, 6) is -0.273. The van der Waals surface area contributed by atoms with Gasteiger partial charge in [-0.1, -0.05) is 30.1 Å². The molecule has 14 heteroatoms. The predicted octanol–water partition coefficient (Wildman–Crippen LogP) is 6.42. The van der Waals surface area contributed by atoms with Crippen molar-refractivity contribution in [3.8, 4) is 23.0 Å². The Hall–Kier alpha value is -4.47. The summed E-state index contributed by atoms with van der Waals surface area (Å²) in [4.78, 5) is 33.3. The summed E-state index contributed by atoms with van der Waals surface area (Å²) in [5.41, 5.74) is 2.78. The van der Waals surface area contributed by atoms with Crippen molar-refractivity contribution in [2.75, 3.05) is 66.5 Å². The number of hydrogen-bond acceptors (Lipinski definition) is 13. The number of carbonyl (C=O) groups excluding carboxylic acids is 2. The number of ether oxygens (including phenoxy) is 6. The topological polar surface area (TPSA) is 175 Å². The maximum atomic E-state index is 14.0. The van der Waals surface area contributed by atoms with Crippen LogP contribution in [0.1, 0.15) is 80.6 Å². The third kappa shape index (κ3) is 10.0. The van der Waals surface area contributed by atoms with Gasteiger partial charge in [-0.2, -0.15) is 0 Å². The number of aldehydes is 1. The van der Waals surface area contributed by atoms with Crippen LogP contribution in [-0.2, 0) is 19.0 Å². The number of amides is 1. The van der Waals surface area contributed by atoms with Crippen molar-refractivity contribution in [2.45, 2.75) is 76.5 Å². The Balaban J connectivity index is 1.76. The largest absolute Gasteiger partial charge is 0.496 e. The van der Waals surface area contributed by atoms with E-state index in [1.54, 1.807) is 42.2 Å². The molecule has 5 rings (SSSR count). The van der Waals surface area contributed by atoms with Crippen LogP contribution in [0.15, 0.2) is 65.9 Å². The van der Waals surface area contributed by atoms with Gasteiger partial charge in [0.1, 0.15) is 35.6 Å². The number of carbonyl (C=O) groups is 2. The van der Waals surface area contributed by atoms with Crippen molar-refractivity contribution in [3.05, 3.63) is 71.8 Å². The Kier molecular flexibility index (Phi) is 17.0. The Morgan fingerprint density at radius 1 is 1.00 bits per heavy atom. The highest BCUT2D eigenvalue weighted by Gasteiger charge is 2.65. The fourth-order valence-electron chi connectivity index (χ4n) is 8.77. The van der Waals surface area contributed by atoms with E-state index in [2.05, 4.69) is 12.7 Å². The molecule has 3 N–H and O–H groups in total. The summed E-state index contributed by atoms with van der Waals surface area (Å²) in [5, 5.41) is 33.9. The van der Waals surface area contributed by atoms with Gasteiger partial charge in [0.2, 0.25) is 5.79 Å². The summed E-state index contributed by atoms with van der Waals surface area (Å²) in [6.07, 6.45) is 8.67. The Bertz CT molecular complexity index is 1730. The smallest absolute Gasteiger partial charge is 0.410 e. The lowest BCUT2D eigenvalue weighted by molar-refractivity contribution is -0.256. The first-order valence-corrected chi connectivity index (χ1v) is 20.5. The van der Waals surface area contributed by atoms with Gasteiger partial charge in [-0.25, -0.2) is 4.79 Å². The van der Waals surface area contributed by atoms with Gasteiger partial charge >= 0.3 is 6.09 Å². The molecule has 58 heavy (non-hydrogen) atoms. The molecule has 3 aliphatic rings. The highest BCUT2D eigenvalue weighted by atomic mass is 16.7. The number of rotatable bonds is 24. The molecule has 1 fully saturated rings. The molecule has 2 aliphatic carbocycles. The van der Waals surface area contributed by atoms with Crippen molar-refractivity contribution < 1.29 is 58.2 Å². The van der Waals surface area contributed by atoms with Crippen LogP contribution in [-0.4, -0.2) is 117 Å². The van der Waals surface area contributed by atoms with E-state index in [1.807, 2.05) is 19.1 Å². The number of unbranched alkanes of at least 4 members (excludes halogenated alkanes) is 2. The number of aliphatic hydroxyl groups is 3. The number of aliphatic hydroxyl groups excluding tert-OH is 3. The molecule has 0 radical (unpaired) electrons. The molecule has 2 aromatic rings. The third-order valence-corrected chi connectivity index (χ3v) is 11.1. The highest BCUT2D eigenvalue weighted by molar-refractivity contribution is 6.03. The van der Waals surface area contributed by atoms with Crippen molar-refractivity contribution in [2.24, 2.45) is 22.9 Å². The fraction of sp³-hybridized carbons (Fsp3) is 0.568. The monoisotopic (exact) mass is 808 g/mol. The molecule has 0 unspecified atom stereocenters. The first-order chi connectivity index (χ1) is 28.3. The number of methoxy groups -OCH3 is 1. The molecule has 1 aliphatic heterocycles. The van der Waals surface area contributed by atoms with Crippen LogP contribution in [0.5, 0.6) is 23.0 Å². The first-order valence-electron chi connectivity index (χ1n) is 20.5. The van der Waals surface area contributed by atoms with Crippen LogP contribution >= 0.6 is 0 Å². The van der Waals surface area contributed by atoms with E-state index in [0.717, 1.165) is 43.1 Å². The quantitative estimate of drug-likeness (QED) is 0.0460. The molecule has 318 valence electrons. The van der Waals surface area contributed by atoms with Gasteiger partial charge in [0.05, 0.1) is 57.3 Å². The number of fused-ring (bicyclic) bond motifs is 2. The van der Waals surface area contributed by atoms with Crippen LogP contribution in [0.3, 0.4) is 0 Å². The van der Waals surface area contributed by atoms with Crippen LogP contribution in [0.25, 0.3) is 0 Å². The average Bonchev–Trinajstić information content (AvgIpc) is 3.23. The standard InChI is InChI=1S/C44H60N2O12/c1-5-22-55-44-40(46(43(51)54-6-2)18-23-53-24-21-49)28-37(45-56-7-3)35-26-30(12-8-10-19-47)34(13-9-11-20-48)41(42(35)44)36-27-33(15-17-39(36)58-44)57-32-14-16-38(52-4)31(25-32)29-50/h5,14-17,25-27,29-30,34,40-42,47-49H,1,6-13,18-24,28H2,2-4H3/t30-,34+,40-,41+,42+,44+/m0/s1. The number of benzene rings is 2. The fourth-order valence-corrected chi connectivity index (χ4v) is 8.77. The summed E-state index contributed by atoms with van der Waals surface area (Å²) in [6, 6.07) is 9.89. The Labute approximate surface area is 341 Å². The summed E-state index contributed by atoms with van der Waals surface area (Å²) >= 11 is 0. The van der Waals surface area contributed by atoms with Crippen LogP contribution in [0, 0.1) is 17.8 Å². The molecule has 0 aromatic heterocycles. The van der Waals surface area contributed by atoms with Crippen LogP contribution in [0.2, 0.25) is 0 Å². The van der Waals surface area contributed by atoms with E-state index < -0.39 is 23.8 Å². The summed E-state index contributed by atoms with van der Waals surface area (Å²) in [7, 11) is 1.50. The van der Waals surface area contributed by atoms with E-state index in [-0.39, 0.29) is 77.0 Å². The van der Waals surface area contributed by atoms with Gasteiger partial charge in [-0.15, -0.1) is 6.58 Å². The molecule has 0 spiro atoms. The molecule has 1 amide bonds. The van der Waals surface area contributed by atoms with Crippen molar-refractivity contribution >= 4 is 18.1 Å². The van der Waals surface area contributed by atoms with E-state index in [0.29, 0.717) is 53.7 Å². The Morgan fingerprint density at radius 3 is 2.45 bits per heavy atom. The van der Waals surface area contributed by atoms with E-state index in [4.69, 9.17) is 38.4 Å². The van der Waals surface area contributed by atoms with Gasteiger partial charge < -0.3 is 48.6 Å². The van der Waals surface area contributed by atoms with Crippen LogP contribution in [0.4, 0.5) is 4.79 Å². The van der Waals surface area contributed by atoms with Gasteiger partial charge in [-0.3, -0.25) is 9.69 Å². The third-order valence-electron chi connectivity index (χ3n) is 11.1. The minimum Gasteiger partial charge on any atom is -0.496 e. The molecule has 1 heterocycles. The minimum atomic E-state index is -1.48. The van der Waals surface area contributed by atoms with E-state index in [9.17, 15) is 24.9 Å². The van der Waals surface area contributed by atoms with Gasteiger partial charge in [0, 0.05) is 37.7 Å². The molecular weight excluding hydrogens is 748 g/mol. The molecule has 1 saturated carbocycles. The molecule has 0 saturated heterocycles. The van der Waals surface area contributed by atoms with Gasteiger partial charge in [-0.05, 0) is 93.3 Å². The lowest BCUT2D eigenvalue weighted by Crippen LogP contribution is -2.70. The lowest BCUT2D eigenvalue weighted by atomic mass is 9.55. The second-order valence-corrected chi connectivity index (χ2v) is 14.5. The lowest BCUT2D eigenvalue weighted by Gasteiger charge is -2.59. The number of allylic oxidation sites excluding steroid dienone is 1. The average molecular weight is 809 g/mol. The maximum absolute atomic E-state index is 14.0. The number of hydrogen-bond donors (Lipinski definition) is 3. The molecule has 0 bridgehead atoms.